The Bertz CT molecular complexity index is 138. The molecule has 68 valence electrons. The second kappa shape index (κ2) is 4.27. The lowest BCUT2D eigenvalue weighted by atomic mass is 10.3. The van der Waals surface area contributed by atoms with Crippen molar-refractivity contribution in [2.45, 2.75) is 27.7 Å². The van der Waals surface area contributed by atoms with E-state index >= 15 is 0 Å². The van der Waals surface area contributed by atoms with Crippen LogP contribution in [0.4, 0.5) is 0 Å². The Morgan fingerprint density at radius 3 is 1.55 bits per heavy atom. The van der Waals surface area contributed by atoms with Gasteiger partial charge < -0.3 is 9.46 Å². The summed E-state index contributed by atoms with van der Waals surface area (Å²) in [6.45, 7) is 7.74. The lowest BCUT2D eigenvalue weighted by Crippen LogP contribution is -2.15. The summed E-state index contributed by atoms with van der Waals surface area (Å²) in [6, 6.07) is 0. The molecule has 11 heavy (non-hydrogen) atoms. The highest BCUT2D eigenvalue weighted by Gasteiger charge is 2.11. The summed E-state index contributed by atoms with van der Waals surface area (Å²) in [5.41, 5.74) is 0. The molecule has 2 nitrogen and oxygen atoms in total. The van der Waals surface area contributed by atoms with Crippen molar-refractivity contribution >= 4 is 7.37 Å². The zero-order valence-corrected chi connectivity index (χ0v) is 8.73. The van der Waals surface area contributed by atoms with E-state index in [1.165, 1.54) is 0 Å². The monoisotopic (exact) mass is 177 g/mol. The molecule has 0 aromatic rings. The van der Waals surface area contributed by atoms with Crippen LogP contribution in [0, 0.1) is 11.8 Å². The van der Waals surface area contributed by atoms with Crippen molar-refractivity contribution in [1.82, 2.24) is 0 Å². The van der Waals surface area contributed by atoms with E-state index in [-0.39, 0.29) is 11.8 Å². The maximum absolute atomic E-state index is 11.3. The van der Waals surface area contributed by atoms with Crippen LogP contribution in [-0.2, 0) is 4.57 Å². The quantitative estimate of drug-likeness (QED) is 0.615. The predicted molar refractivity (Wildman–Crippen MR) is 47.0 cm³/mol. The van der Waals surface area contributed by atoms with Gasteiger partial charge in [0.2, 0.25) is 0 Å². The molecule has 0 unspecified atom stereocenters. The van der Waals surface area contributed by atoms with Crippen molar-refractivity contribution in [2.24, 2.45) is 11.8 Å². The van der Waals surface area contributed by atoms with Gasteiger partial charge in [0.1, 0.15) is 0 Å². The van der Waals surface area contributed by atoms with E-state index in [0.717, 1.165) is 0 Å². The first-order valence-electron chi connectivity index (χ1n) is 4.12. The molecule has 0 saturated carbocycles. The second-order valence-corrected chi connectivity index (χ2v) is 6.33. The minimum atomic E-state index is -3.05. The highest BCUT2D eigenvalue weighted by Crippen LogP contribution is 2.39. The van der Waals surface area contributed by atoms with Crippen LogP contribution in [0.25, 0.3) is 0 Å². The third kappa shape index (κ3) is 6.58. The lowest BCUT2D eigenvalue weighted by molar-refractivity contribution is -0.175. The van der Waals surface area contributed by atoms with Gasteiger partial charge in [0, 0.05) is 7.37 Å². The Balaban J connectivity index is 3.91. The van der Waals surface area contributed by atoms with E-state index < -0.39 is 7.37 Å². The Morgan fingerprint density at radius 2 is 1.36 bits per heavy atom. The molecule has 3 heteroatoms. The van der Waals surface area contributed by atoms with Gasteiger partial charge in [-0.3, -0.25) is 0 Å². The van der Waals surface area contributed by atoms with Crippen LogP contribution < -0.4 is 4.89 Å². The molecule has 0 fully saturated rings. The van der Waals surface area contributed by atoms with Crippen LogP contribution in [0.1, 0.15) is 27.7 Å². The van der Waals surface area contributed by atoms with Crippen molar-refractivity contribution in [3.8, 4) is 0 Å². The zero-order valence-electron chi connectivity index (χ0n) is 7.83. The van der Waals surface area contributed by atoms with Gasteiger partial charge in [-0.05, 0) is 24.2 Å². The van der Waals surface area contributed by atoms with Crippen LogP contribution in [0.15, 0.2) is 0 Å². The first kappa shape index (κ1) is 11.2. The van der Waals surface area contributed by atoms with Gasteiger partial charge in [0.15, 0.2) is 0 Å². The normalized spacial score (nSPS) is 13.0. The predicted octanol–water partition coefficient (Wildman–Crippen LogP) is 1.94. The summed E-state index contributed by atoms with van der Waals surface area (Å²) in [4.78, 5) is 11.3. The Labute approximate surface area is 69.5 Å². The van der Waals surface area contributed by atoms with E-state index in [1.807, 2.05) is 27.7 Å². The molecule has 0 aliphatic heterocycles. The topological polar surface area (TPSA) is 40.1 Å². The highest BCUT2D eigenvalue weighted by molar-refractivity contribution is 7.56. The summed E-state index contributed by atoms with van der Waals surface area (Å²) in [6.07, 6.45) is 0.705. The Kier molecular flexibility index (Phi) is 4.35. The van der Waals surface area contributed by atoms with Crippen molar-refractivity contribution in [2.75, 3.05) is 12.3 Å². The molecule has 0 spiro atoms. The zero-order chi connectivity index (χ0) is 9.07. The van der Waals surface area contributed by atoms with Crippen molar-refractivity contribution in [3.63, 3.8) is 0 Å². The number of hydrogen-bond donors (Lipinski definition) is 0. The van der Waals surface area contributed by atoms with Crippen molar-refractivity contribution in [3.05, 3.63) is 0 Å². The van der Waals surface area contributed by atoms with Crippen LogP contribution in [0.5, 0.6) is 0 Å². The van der Waals surface area contributed by atoms with Gasteiger partial charge in [0.05, 0.1) is 0 Å². The standard InChI is InChI=1S/C8H19O2P/c1-7(2)5-11(9,10)6-8(3)4/h7-8H,5-6H2,1-4H3,(H,9,10)/p-1. The largest absolute Gasteiger partial charge is 0.799 e. The summed E-state index contributed by atoms with van der Waals surface area (Å²) < 4.78 is 11.3. The van der Waals surface area contributed by atoms with Crippen molar-refractivity contribution in [1.29, 1.82) is 0 Å². The minimum absolute atomic E-state index is 0.261. The fourth-order valence-corrected chi connectivity index (χ4v) is 3.56. The van der Waals surface area contributed by atoms with Crippen LogP contribution >= 0.6 is 7.37 Å². The first-order chi connectivity index (χ1) is 4.83. The van der Waals surface area contributed by atoms with Crippen LogP contribution in [0.2, 0.25) is 0 Å². The molecular weight excluding hydrogens is 159 g/mol. The molecule has 0 heterocycles. The fraction of sp³-hybridized carbons (Fsp3) is 1.00. The molecule has 0 radical (unpaired) electrons. The van der Waals surface area contributed by atoms with E-state index in [9.17, 15) is 9.46 Å². The molecule has 0 aromatic carbocycles. The van der Waals surface area contributed by atoms with E-state index in [1.54, 1.807) is 0 Å². The van der Waals surface area contributed by atoms with Gasteiger partial charge in [-0.1, -0.05) is 27.7 Å². The van der Waals surface area contributed by atoms with Crippen LogP contribution in [0.3, 0.4) is 0 Å². The third-order valence-corrected chi connectivity index (χ3v) is 3.86. The average Bonchev–Trinajstić information content (AvgIpc) is 1.53. The van der Waals surface area contributed by atoms with E-state index in [4.69, 9.17) is 0 Å². The highest BCUT2D eigenvalue weighted by atomic mass is 31.2. The summed E-state index contributed by atoms with van der Waals surface area (Å²) >= 11 is 0. The Morgan fingerprint density at radius 1 is 1.09 bits per heavy atom. The smallest absolute Gasteiger partial charge is 0.0153 e. The maximum atomic E-state index is 11.3. The fourth-order valence-electron chi connectivity index (χ4n) is 1.19. The molecular formula is C8H18O2P-. The molecule has 0 bridgehead atoms. The van der Waals surface area contributed by atoms with Gasteiger partial charge in [-0.25, -0.2) is 0 Å². The van der Waals surface area contributed by atoms with Crippen LogP contribution in [-0.4, -0.2) is 12.3 Å². The maximum Gasteiger partial charge on any atom is 0.0153 e. The minimum Gasteiger partial charge on any atom is -0.799 e. The summed E-state index contributed by atoms with van der Waals surface area (Å²) in [5, 5.41) is 0. The van der Waals surface area contributed by atoms with E-state index in [0.29, 0.717) is 12.3 Å². The lowest BCUT2D eigenvalue weighted by Gasteiger charge is -2.26. The number of hydrogen-bond acceptors (Lipinski definition) is 2. The molecule has 0 amide bonds. The third-order valence-electron chi connectivity index (χ3n) is 1.29. The van der Waals surface area contributed by atoms with E-state index in [2.05, 4.69) is 0 Å². The molecule has 0 N–H and O–H groups in total. The summed E-state index contributed by atoms with van der Waals surface area (Å²) in [5.74, 6) is 0.522. The number of rotatable bonds is 4. The molecule has 0 rings (SSSR count). The second-order valence-electron chi connectivity index (χ2n) is 3.97. The molecule has 0 aromatic heterocycles. The van der Waals surface area contributed by atoms with Gasteiger partial charge >= 0.3 is 0 Å². The average molecular weight is 177 g/mol. The molecule has 0 aliphatic rings. The summed E-state index contributed by atoms with van der Waals surface area (Å²) in [7, 11) is -3.05. The van der Waals surface area contributed by atoms with Crippen molar-refractivity contribution < 1.29 is 9.46 Å². The van der Waals surface area contributed by atoms with Gasteiger partial charge in [-0.15, -0.1) is 0 Å². The first-order valence-corrected chi connectivity index (χ1v) is 6.12. The molecule has 0 saturated heterocycles. The molecule has 0 atom stereocenters. The van der Waals surface area contributed by atoms with Gasteiger partial charge in [-0.2, -0.15) is 0 Å². The Hall–Kier alpha value is 0.190. The molecule has 0 aliphatic carbocycles. The van der Waals surface area contributed by atoms with Gasteiger partial charge in [0.25, 0.3) is 0 Å². The SMILES string of the molecule is CC(C)CP(=O)([O-])CC(C)C.